The van der Waals surface area contributed by atoms with Gasteiger partial charge in [-0.25, -0.2) is 0 Å². The summed E-state index contributed by atoms with van der Waals surface area (Å²) in [5, 5.41) is 15.7. The number of nitrogens with one attached hydrogen (secondary N) is 2. The second-order valence-electron chi connectivity index (χ2n) is 5.23. The molecule has 0 aromatic heterocycles. The molecule has 1 saturated heterocycles. The van der Waals surface area contributed by atoms with E-state index in [9.17, 15) is 9.90 Å². The molecule has 0 aromatic rings. The number of amides is 1. The molecule has 4 nitrogen and oxygen atoms in total. The summed E-state index contributed by atoms with van der Waals surface area (Å²) in [6.45, 7) is 4.19. The third-order valence-corrected chi connectivity index (χ3v) is 3.89. The Morgan fingerprint density at radius 3 is 2.65 bits per heavy atom. The predicted octanol–water partition coefficient (Wildman–Crippen LogP) is 0.685. The fourth-order valence-corrected chi connectivity index (χ4v) is 2.56. The zero-order chi connectivity index (χ0) is 11.6. The van der Waals surface area contributed by atoms with E-state index in [0.717, 1.165) is 32.2 Å². The van der Waals surface area contributed by atoms with Crippen LogP contribution >= 0.6 is 12.4 Å². The van der Waals surface area contributed by atoms with E-state index in [1.54, 1.807) is 0 Å². The van der Waals surface area contributed by atoms with E-state index in [-0.39, 0.29) is 35.8 Å². The highest BCUT2D eigenvalue weighted by Crippen LogP contribution is 2.49. The fourth-order valence-electron chi connectivity index (χ4n) is 2.56. The molecule has 0 aromatic carbocycles. The van der Waals surface area contributed by atoms with Gasteiger partial charge in [0.25, 0.3) is 0 Å². The van der Waals surface area contributed by atoms with Crippen LogP contribution in [0.2, 0.25) is 0 Å². The van der Waals surface area contributed by atoms with Crippen molar-refractivity contribution in [3.8, 4) is 0 Å². The Hall–Kier alpha value is -0.320. The molecule has 2 aliphatic rings. The summed E-state index contributed by atoms with van der Waals surface area (Å²) in [5.41, 5.74) is -0.0499. The van der Waals surface area contributed by atoms with Crippen molar-refractivity contribution in [2.45, 2.75) is 38.7 Å². The van der Waals surface area contributed by atoms with Gasteiger partial charge in [0.05, 0.1) is 6.10 Å². The van der Waals surface area contributed by atoms with Gasteiger partial charge in [-0.1, -0.05) is 13.3 Å². The largest absolute Gasteiger partial charge is 0.391 e. The van der Waals surface area contributed by atoms with Crippen LogP contribution in [0.5, 0.6) is 0 Å². The van der Waals surface area contributed by atoms with Gasteiger partial charge in [0.2, 0.25) is 5.91 Å². The molecule has 5 heteroatoms. The van der Waals surface area contributed by atoms with Crippen LogP contribution in [-0.2, 0) is 4.79 Å². The van der Waals surface area contributed by atoms with Gasteiger partial charge >= 0.3 is 0 Å². The molecule has 1 amide bonds. The zero-order valence-corrected chi connectivity index (χ0v) is 11.2. The molecule has 3 N–H and O–H groups in total. The summed E-state index contributed by atoms with van der Waals surface area (Å²) in [4.78, 5) is 12.0. The van der Waals surface area contributed by atoms with Crippen molar-refractivity contribution < 1.29 is 9.90 Å². The minimum atomic E-state index is -0.304. The molecule has 1 saturated carbocycles. The van der Waals surface area contributed by atoms with Crippen molar-refractivity contribution in [2.75, 3.05) is 19.6 Å². The Bertz CT molecular complexity index is 269. The van der Waals surface area contributed by atoms with Crippen LogP contribution in [0.3, 0.4) is 0 Å². The number of hydrogen-bond donors (Lipinski definition) is 3. The van der Waals surface area contributed by atoms with Gasteiger partial charge in [0, 0.05) is 31.0 Å². The van der Waals surface area contributed by atoms with Crippen LogP contribution in [0, 0.1) is 11.3 Å². The minimum Gasteiger partial charge on any atom is -0.391 e. The summed E-state index contributed by atoms with van der Waals surface area (Å²) >= 11 is 0. The zero-order valence-electron chi connectivity index (χ0n) is 10.4. The summed E-state index contributed by atoms with van der Waals surface area (Å²) in [5.74, 6) is 0.384. The monoisotopic (exact) mass is 262 g/mol. The number of rotatable bonds is 5. The van der Waals surface area contributed by atoms with Crippen LogP contribution in [-0.4, -0.2) is 36.8 Å². The van der Waals surface area contributed by atoms with E-state index in [2.05, 4.69) is 17.6 Å². The molecule has 1 heterocycles. The SMILES string of the molecule is CCCC1(C(=O)NCC2CNCC2O)CC1.Cl. The lowest BCUT2D eigenvalue weighted by atomic mass is 9.99. The Balaban J connectivity index is 0.00000144. The average molecular weight is 263 g/mol. The fraction of sp³-hybridized carbons (Fsp3) is 0.917. The maximum absolute atomic E-state index is 12.0. The highest BCUT2D eigenvalue weighted by molar-refractivity contribution is 5.85. The number of halogens is 1. The van der Waals surface area contributed by atoms with Crippen molar-refractivity contribution >= 4 is 18.3 Å². The maximum Gasteiger partial charge on any atom is 0.226 e. The molecule has 0 bridgehead atoms. The second-order valence-corrected chi connectivity index (χ2v) is 5.23. The Morgan fingerprint density at radius 2 is 2.18 bits per heavy atom. The lowest BCUT2D eigenvalue weighted by Gasteiger charge is -2.18. The van der Waals surface area contributed by atoms with E-state index in [1.807, 2.05) is 0 Å². The third kappa shape index (κ3) is 3.33. The van der Waals surface area contributed by atoms with Gasteiger partial charge in [-0.3, -0.25) is 4.79 Å². The highest BCUT2D eigenvalue weighted by atomic mass is 35.5. The van der Waals surface area contributed by atoms with Gasteiger partial charge in [-0.05, 0) is 19.3 Å². The molecule has 2 rings (SSSR count). The van der Waals surface area contributed by atoms with Gasteiger partial charge in [0.15, 0.2) is 0 Å². The van der Waals surface area contributed by atoms with Gasteiger partial charge in [0.1, 0.15) is 0 Å². The molecule has 0 radical (unpaired) electrons. The number of aliphatic hydroxyl groups is 1. The third-order valence-electron chi connectivity index (χ3n) is 3.89. The van der Waals surface area contributed by atoms with Crippen molar-refractivity contribution in [1.29, 1.82) is 0 Å². The first kappa shape index (κ1) is 14.7. The number of β-amino-alcohol motifs (C(OH)–C–C–N with tert-alkyl or cyclic N) is 1. The Kier molecular flexibility index (Phi) is 5.22. The first-order valence-corrected chi connectivity index (χ1v) is 6.35. The lowest BCUT2D eigenvalue weighted by Crippen LogP contribution is -2.38. The number of hydrogen-bond acceptors (Lipinski definition) is 3. The maximum atomic E-state index is 12.0. The van der Waals surface area contributed by atoms with Crippen molar-refractivity contribution in [3.63, 3.8) is 0 Å². The quantitative estimate of drug-likeness (QED) is 0.683. The van der Waals surface area contributed by atoms with Crippen molar-refractivity contribution in [1.82, 2.24) is 10.6 Å². The van der Waals surface area contributed by atoms with Crippen LogP contribution in [0.15, 0.2) is 0 Å². The first-order chi connectivity index (χ1) is 7.68. The summed E-state index contributed by atoms with van der Waals surface area (Å²) < 4.78 is 0. The van der Waals surface area contributed by atoms with E-state index in [1.165, 1.54) is 0 Å². The smallest absolute Gasteiger partial charge is 0.226 e. The molecule has 0 spiro atoms. The first-order valence-electron chi connectivity index (χ1n) is 6.35. The molecule has 2 unspecified atom stereocenters. The van der Waals surface area contributed by atoms with Crippen LogP contribution in [0.25, 0.3) is 0 Å². The molecule has 1 aliphatic heterocycles. The molecule has 1 aliphatic carbocycles. The van der Waals surface area contributed by atoms with Gasteiger partial charge in [-0.15, -0.1) is 12.4 Å². The molecule has 100 valence electrons. The predicted molar refractivity (Wildman–Crippen MR) is 69.2 cm³/mol. The summed E-state index contributed by atoms with van der Waals surface area (Å²) in [6.07, 6.45) is 3.85. The van der Waals surface area contributed by atoms with Gasteiger partial charge < -0.3 is 15.7 Å². The average Bonchev–Trinajstić information content (AvgIpc) is 2.93. The summed E-state index contributed by atoms with van der Waals surface area (Å²) in [6, 6.07) is 0. The topological polar surface area (TPSA) is 61.4 Å². The molecule has 2 fully saturated rings. The Labute approximate surface area is 109 Å². The normalized spacial score (nSPS) is 29.5. The van der Waals surface area contributed by atoms with E-state index >= 15 is 0 Å². The Morgan fingerprint density at radius 1 is 1.47 bits per heavy atom. The van der Waals surface area contributed by atoms with E-state index in [0.29, 0.717) is 13.1 Å². The number of aliphatic hydroxyl groups excluding tert-OH is 1. The van der Waals surface area contributed by atoms with E-state index < -0.39 is 0 Å². The lowest BCUT2D eigenvalue weighted by molar-refractivity contribution is -0.126. The minimum absolute atomic E-state index is 0. The molecule has 17 heavy (non-hydrogen) atoms. The van der Waals surface area contributed by atoms with Crippen LogP contribution < -0.4 is 10.6 Å². The molecular weight excluding hydrogens is 240 g/mol. The van der Waals surface area contributed by atoms with Crippen molar-refractivity contribution in [3.05, 3.63) is 0 Å². The number of carbonyl (C=O) groups excluding carboxylic acids is 1. The standard InChI is InChI=1S/C12H22N2O2.ClH/c1-2-3-12(4-5-12)11(16)14-7-9-6-13-8-10(9)15;/h9-10,13,15H,2-8H2,1H3,(H,14,16);1H. The highest BCUT2D eigenvalue weighted by Gasteiger charge is 2.48. The molecular formula is C12H23ClN2O2. The van der Waals surface area contributed by atoms with Crippen LogP contribution in [0.1, 0.15) is 32.6 Å². The van der Waals surface area contributed by atoms with E-state index in [4.69, 9.17) is 0 Å². The van der Waals surface area contributed by atoms with Crippen molar-refractivity contribution in [2.24, 2.45) is 11.3 Å². The van der Waals surface area contributed by atoms with Crippen LogP contribution in [0.4, 0.5) is 0 Å². The molecule has 2 atom stereocenters. The number of carbonyl (C=O) groups is 1. The second kappa shape index (κ2) is 6.03. The summed E-state index contributed by atoms with van der Waals surface area (Å²) in [7, 11) is 0. The van der Waals surface area contributed by atoms with Gasteiger partial charge in [-0.2, -0.15) is 0 Å².